The number of aromatic amines is 1. The molecule has 2 heterocycles. The van der Waals surface area contributed by atoms with E-state index in [1.54, 1.807) is 12.3 Å². The fourth-order valence-corrected chi connectivity index (χ4v) is 3.70. The lowest BCUT2D eigenvalue weighted by Gasteiger charge is -2.37. The van der Waals surface area contributed by atoms with Crippen LogP contribution in [-0.4, -0.2) is 56.1 Å². The lowest BCUT2D eigenvalue weighted by Crippen LogP contribution is -2.49. The number of imidazole rings is 1. The number of H-pyrrole nitrogens is 1. The number of ether oxygens (including phenoxy) is 1. The Morgan fingerprint density at radius 2 is 2.14 bits per heavy atom. The number of amides is 2. The summed E-state index contributed by atoms with van der Waals surface area (Å²) in [6.07, 6.45) is 4.69. The maximum atomic E-state index is 13.1. The van der Waals surface area contributed by atoms with Crippen LogP contribution in [0, 0.1) is 0 Å². The number of nitrogens with zero attached hydrogens (tertiary/aromatic N) is 3. The van der Waals surface area contributed by atoms with Gasteiger partial charge in [-0.1, -0.05) is 0 Å². The first kappa shape index (κ1) is 20.1. The minimum Gasteiger partial charge on any atom is -0.444 e. The third-order valence-electron chi connectivity index (χ3n) is 4.87. The van der Waals surface area contributed by atoms with E-state index < -0.39 is 11.7 Å². The van der Waals surface area contributed by atoms with E-state index in [9.17, 15) is 9.59 Å². The van der Waals surface area contributed by atoms with E-state index in [4.69, 9.17) is 4.74 Å². The third-order valence-corrected chi connectivity index (χ3v) is 4.87. The lowest BCUT2D eigenvalue weighted by atomic mass is 9.90. The average molecular weight is 387 g/mol. The number of carbonyl (C=O) groups is 2. The molecule has 1 fully saturated rings. The number of rotatable bonds is 4. The molecular formula is C20H29N5O3. The van der Waals surface area contributed by atoms with Gasteiger partial charge in [-0.15, -0.1) is 0 Å². The van der Waals surface area contributed by atoms with E-state index in [0.29, 0.717) is 24.4 Å². The monoisotopic (exact) mass is 387 g/mol. The molecule has 28 heavy (non-hydrogen) atoms. The van der Waals surface area contributed by atoms with Gasteiger partial charge < -0.3 is 19.9 Å². The molecule has 152 valence electrons. The Morgan fingerprint density at radius 3 is 2.82 bits per heavy atom. The zero-order valence-electron chi connectivity index (χ0n) is 17.0. The Morgan fingerprint density at radius 1 is 1.36 bits per heavy atom. The second kappa shape index (κ2) is 8.16. The first-order chi connectivity index (χ1) is 13.3. The molecule has 3 rings (SSSR count). The van der Waals surface area contributed by atoms with Crippen LogP contribution in [0.25, 0.3) is 11.2 Å². The normalized spacial score (nSPS) is 20.0. The van der Waals surface area contributed by atoms with Crippen LogP contribution < -0.4 is 5.32 Å². The molecule has 0 aromatic carbocycles. The molecule has 0 saturated heterocycles. The summed E-state index contributed by atoms with van der Waals surface area (Å²) in [5, 5.41) is 2.95. The Balaban J connectivity index is 1.67. The highest BCUT2D eigenvalue weighted by atomic mass is 16.6. The predicted octanol–water partition coefficient (Wildman–Crippen LogP) is 3.26. The van der Waals surface area contributed by atoms with Crippen molar-refractivity contribution < 1.29 is 14.3 Å². The van der Waals surface area contributed by atoms with E-state index in [1.165, 1.54) is 0 Å². The van der Waals surface area contributed by atoms with Gasteiger partial charge in [-0.05, 0) is 65.5 Å². The van der Waals surface area contributed by atoms with Gasteiger partial charge in [0.15, 0.2) is 11.5 Å². The zero-order chi connectivity index (χ0) is 20.3. The molecule has 2 aromatic heterocycles. The minimum atomic E-state index is -0.529. The summed E-state index contributed by atoms with van der Waals surface area (Å²) >= 11 is 0. The molecule has 0 radical (unpaired) electrons. The lowest BCUT2D eigenvalue weighted by molar-refractivity contribution is 0.0459. The molecule has 0 bridgehead atoms. The fraction of sp³-hybridized carbons (Fsp3) is 0.600. The van der Waals surface area contributed by atoms with E-state index in [-0.39, 0.29) is 18.0 Å². The molecule has 0 unspecified atom stereocenters. The van der Waals surface area contributed by atoms with E-state index >= 15 is 0 Å². The van der Waals surface area contributed by atoms with Crippen molar-refractivity contribution in [3.05, 3.63) is 24.2 Å². The van der Waals surface area contributed by atoms with Crippen molar-refractivity contribution in [3.8, 4) is 0 Å². The summed E-state index contributed by atoms with van der Waals surface area (Å²) in [5.74, 6) is 0.168. The Bertz CT molecular complexity index is 809. The van der Waals surface area contributed by atoms with Gasteiger partial charge >= 0.3 is 6.09 Å². The first-order valence-corrected chi connectivity index (χ1v) is 9.88. The van der Waals surface area contributed by atoms with Crippen molar-refractivity contribution >= 4 is 23.2 Å². The van der Waals surface area contributed by atoms with Crippen LogP contribution in [0.1, 0.15) is 64.0 Å². The van der Waals surface area contributed by atoms with Crippen LogP contribution >= 0.6 is 0 Å². The molecule has 8 heteroatoms. The smallest absolute Gasteiger partial charge is 0.407 e. The highest BCUT2D eigenvalue weighted by Gasteiger charge is 2.32. The zero-order valence-corrected chi connectivity index (χ0v) is 17.0. The van der Waals surface area contributed by atoms with Crippen LogP contribution in [0.2, 0.25) is 0 Å². The van der Waals surface area contributed by atoms with Gasteiger partial charge in [-0.25, -0.2) is 14.8 Å². The number of nitrogens with one attached hydrogen (secondary N) is 2. The Hall–Kier alpha value is -2.64. The van der Waals surface area contributed by atoms with Crippen molar-refractivity contribution in [1.29, 1.82) is 0 Å². The molecule has 1 aliphatic carbocycles. The summed E-state index contributed by atoms with van der Waals surface area (Å²) in [6, 6.07) is 3.70. The van der Waals surface area contributed by atoms with Crippen molar-refractivity contribution in [2.75, 3.05) is 6.54 Å². The van der Waals surface area contributed by atoms with Crippen molar-refractivity contribution in [1.82, 2.24) is 25.2 Å². The SMILES string of the molecule is CCN(C(=O)c1nc2ncccc2[nH]1)[C@H]1CCC[C@@H](NC(=O)OC(C)(C)C)C1. The van der Waals surface area contributed by atoms with Gasteiger partial charge in [0.25, 0.3) is 5.91 Å². The summed E-state index contributed by atoms with van der Waals surface area (Å²) in [5.41, 5.74) is 0.754. The topological polar surface area (TPSA) is 100 Å². The van der Waals surface area contributed by atoms with Crippen molar-refractivity contribution in [3.63, 3.8) is 0 Å². The van der Waals surface area contributed by atoms with Crippen LogP contribution in [-0.2, 0) is 4.74 Å². The van der Waals surface area contributed by atoms with E-state index in [0.717, 1.165) is 24.8 Å². The van der Waals surface area contributed by atoms with Gasteiger partial charge in [0, 0.05) is 24.8 Å². The number of alkyl carbamates (subject to hydrolysis) is 1. The van der Waals surface area contributed by atoms with Crippen molar-refractivity contribution in [2.24, 2.45) is 0 Å². The largest absolute Gasteiger partial charge is 0.444 e. The minimum absolute atomic E-state index is 0.00668. The number of hydrogen-bond acceptors (Lipinski definition) is 5. The Kier molecular flexibility index (Phi) is 5.86. The summed E-state index contributed by atoms with van der Waals surface area (Å²) in [6.45, 7) is 8.07. The standard InChI is InChI=1S/C20H29N5O3/c1-5-25(18(26)17-23-15-10-7-11-21-16(15)24-17)14-9-6-8-13(12-14)22-19(27)28-20(2,3)4/h7,10-11,13-14H,5-6,8-9,12H2,1-4H3,(H,22,27)(H,21,23,24)/t13-,14+/m1/s1. The molecule has 0 aliphatic heterocycles. The predicted molar refractivity (Wildman–Crippen MR) is 106 cm³/mol. The molecule has 1 saturated carbocycles. The highest BCUT2D eigenvalue weighted by molar-refractivity contribution is 5.93. The molecule has 2 N–H and O–H groups in total. The maximum absolute atomic E-state index is 13.1. The molecule has 8 nitrogen and oxygen atoms in total. The van der Waals surface area contributed by atoms with Gasteiger partial charge in [0.1, 0.15) is 5.60 Å². The van der Waals surface area contributed by atoms with E-state index in [2.05, 4.69) is 20.3 Å². The summed E-state index contributed by atoms with van der Waals surface area (Å²) in [7, 11) is 0. The number of hydrogen-bond donors (Lipinski definition) is 2. The van der Waals surface area contributed by atoms with E-state index in [1.807, 2.05) is 38.7 Å². The van der Waals surface area contributed by atoms with Crippen LogP contribution in [0.3, 0.4) is 0 Å². The Labute approximate surface area is 165 Å². The van der Waals surface area contributed by atoms with Gasteiger partial charge in [0.05, 0.1) is 5.52 Å². The molecule has 2 atom stereocenters. The van der Waals surface area contributed by atoms with Gasteiger partial charge in [-0.3, -0.25) is 4.79 Å². The summed E-state index contributed by atoms with van der Waals surface area (Å²) < 4.78 is 5.36. The fourth-order valence-electron chi connectivity index (χ4n) is 3.70. The second-order valence-corrected chi connectivity index (χ2v) is 8.21. The molecular weight excluding hydrogens is 358 g/mol. The first-order valence-electron chi connectivity index (χ1n) is 9.88. The number of pyridine rings is 1. The molecule has 1 aliphatic rings. The third kappa shape index (κ3) is 4.79. The van der Waals surface area contributed by atoms with Gasteiger partial charge in [-0.2, -0.15) is 0 Å². The summed E-state index contributed by atoms with van der Waals surface area (Å²) in [4.78, 5) is 38.6. The maximum Gasteiger partial charge on any atom is 0.407 e. The quantitative estimate of drug-likeness (QED) is 0.839. The van der Waals surface area contributed by atoms with Gasteiger partial charge in [0.2, 0.25) is 0 Å². The van der Waals surface area contributed by atoms with Crippen LogP contribution in [0.4, 0.5) is 4.79 Å². The number of fused-ring (bicyclic) bond motifs is 1. The van der Waals surface area contributed by atoms with Crippen molar-refractivity contribution in [2.45, 2.75) is 71.1 Å². The molecule has 2 aromatic rings. The molecule has 2 amide bonds. The number of carbonyl (C=O) groups excluding carboxylic acids is 2. The van der Waals surface area contributed by atoms with Crippen LogP contribution in [0.5, 0.6) is 0 Å². The number of aromatic nitrogens is 3. The average Bonchev–Trinajstić information content (AvgIpc) is 3.05. The molecule has 0 spiro atoms. The second-order valence-electron chi connectivity index (χ2n) is 8.21. The highest BCUT2D eigenvalue weighted by Crippen LogP contribution is 2.25. The van der Waals surface area contributed by atoms with Crippen LogP contribution in [0.15, 0.2) is 18.3 Å².